The molecule has 4 rings (SSSR count). The molecule has 24 heavy (non-hydrogen) atoms. The molecule has 0 N–H and O–H groups in total. The van der Waals surface area contributed by atoms with Crippen LogP contribution in [0, 0.1) is 5.41 Å². The van der Waals surface area contributed by atoms with Crippen LogP contribution in [0.25, 0.3) is 0 Å². The maximum absolute atomic E-state index is 12.7. The van der Waals surface area contributed by atoms with E-state index in [0.29, 0.717) is 5.56 Å². The molecule has 2 aliphatic rings. The Balaban J connectivity index is 1.42. The zero-order valence-electron chi connectivity index (χ0n) is 13.9. The van der Waals surface area contributed by atoms with Crippen molar-refractivity contribution in [3.8, 4) is 0 Å². The van der Waals surface area contributed by atoms with Gasteiger partial charge in [-0.25, -0.2) is 0 Å². The number of carbonyl (C=O) groups is 1. The Labute approximate surface area is 142 Å². The van der Waals surface area contributed by atoms with Crippen molar-refractivity contribution < 1.29 is 9.21 Å². The van der Waals surface area contributed by atoms with Crippen molar-refractivity contribution in [2.24, 2.45) is 5.41 Å². The molecule has 5 heteroatoms. The lowest BCUT2D eigenvalue weighted by Gasteiger charge is -2.40. The molecule has 0 saturated carbocycles. The monoisotopic (exact) mass is 325 g/mol. The number of pyridine rings is 1. The van der Waals surface area contributed by atoms with Gasteiger partial charge in [-0.1, -0.05) is 0 Å². The van der Waals surface area contributed by atoms with Gasteiger partial charge in [0.15, 0.2) is 0 Å². The minimum absolute atomic E-state index is 0.117. The largest absolute Gasteiger partial charge is 0.468 e. The van der Waals surface area contributed by atoms with E-state index in [2.05, 4.69) is 9.88 Å². The molecule has 5 nitrogen and oxygen atoms in total. The van der Waals surface area contributed by atoms with E-state index in [1.807, 2.05) is 29.2 Å². The van der Waals surface area contributed by atoms with Crippen LogP contribution in [0.3, 0.4) is 0 Å². The Bertz CT molecular complexity index is 686. The van der Waals surface area contributed by atoms with Crippen molar-refractivity contribution >= 4 is 5.91 Å². The molecule has 1 amide bonds. The Hall–Kier alpha value is -2.14. The van der Waals surface area contributed by atoms with E-state index in [4.69, 9.17) is 4.42 Å². The van der Waals surface area contributed by atoms with Crippen molar-refractivity contribution in [2.45, 2.75) is 25.8 Å². The number of aromatic nitrogens is 1. The van der Waals surface area contributed by atoms with Gasteiger partial charge in [-0.3, -0.25) is 14.7 Å². The zero-order valence-corrected chi connectivity index (χ0v) is 13.9. The highest BCUT2D eigenvalue weighted by atomic mass is 16.3. The number of likely N-dealkylation sites (tertiary alicyclic amines) is 2. The summed E-state index contributed by atoms with van der Waals surface area (Å²) in [7, 11) is 0. The number of piperidine rings is 1. The molecule has 2 saturated heterocycles. The van der Waals surface area contributed by atoms with Gasteiger partial charge in [0.25, 0.3) is 5.91 Å². The van der Waals surface area contributed by atoms with Crippen molar-refractivity contribution in [3.63, 3.8) is 0 Å². The average Bonchev–Trinajstić information content (AvgIpc) is 3.26. The molecule has 1 spiro atoms. The first-order valence-corrected chi connectivity index (χ1v) is 8.68. The molecule has 2 aromatic heterocycles. The number of amides is 1. The third-order valence-corrected chi connectivity index (χ3v) is 5.33. The van der Waals surface area contributed by atoms with E-state index in [9.17, 15) is 4.79 Å². The normalized spacial score (nSPS) is 24.6. The van der Waals surface area contributed by atoms with Gasteiger partial charge < -0.3 is 9.32 Å². The molecule has 0 unspecified atom stereocenters. The lowest BCUT2D eigenvalue weighted by molar-refractivity contribution is 0.0524. The molecule has 1 atom stereocenters. The summed E-state index contributed by atoms with van der Waals surface area (Å²) < 4.78 is 5.48. The molecule has 2 aliphatic heterocycles. The highest BCUT2D eigenvalue weighted by Crippen LogP contribution is 2.39. The summed E-state index contributed by atoms with van der Waals surface area (Å²) in [6.45, 7) is 4.70. The molecule has 0 radical (unpaired) electrons. The molecule has 0 aliphatic carbocycles. The SMILES string of the molecule is O=C(c1cccnc1)N1CCC[C@@]2(CCN(Cc3ccco3)C2)C1. The van der Waals surface area contributed by atoms with Gasteiger partial charge in [0.1, 0.15) is 5.76 Å². The summed E-state index contributed by atoms with van der Waals surface area (Å²) in [5.74, 6) is 1.14. The minimum atomic E-state index is 0.117. The second-order valence-electron chi connectivity index (χ2n) is 7.11. The van der Waals surface area contributed by atoms with E-state index in [1.165, 1.54) is 6.42 Å². The van der Waals surface area contributed by atoms with Gasteiger partial charge >= 0.3 is 0 Å². The van der Waals surface area contributed by atoms with Crippen LogP contribution in [-0.2, 0) is 6.54 Å². The van der Waals surface area contributed by atoms with E-state index in [0.717, 1.165) is 51.3 Å². The fourth-order valence-electron chi connectivity index (χ4n) is 4.17. The van der Waals surface area contributed by atoms with E-state index in [-0.39, 0.29) is 11.3 Å². The summed E-state index contributed by atoms with van der Waals surface area (Å²) in [5, 5.41) is 0. The van der Waals surface area contributed by atoms with Crippen LogP contribution in [-0.4, -0.2) is 46.9 Å². The second kappa shape index (κ2) is 6.40. The van der Waals surface area contributed by atoms with E-state index < -0.39 is 0 Å². The predicted molar refractivity (Wildman–Crippen MR) is 90.4 cm³/mol. The molecule has 126 valence electrons. The average molecular weight is 325 g/mol. The number of carbonyl (C=O) groups excluding carboxylic acids is 1. The number of furan rings is 1. The Morgan fingerprint density at radius 1 is 1.21 bits per heavy atom. The lowest BCUT2D eigenvalue weighted by Crippen LogP contribution is -2.47. The fourth-order valence-corrected chi connectivity index (χ4v) is 4.17. The number of hydrogen-bond acceptors (Lipinski definition) is 4. The highest BCUT2D eigenvalue weighted by Gasteiger charge is 2.42. The standard InChI is InChI=1S/C19H23N3O2/c23-18(16-4-1-8-20-12-16)22-9-3-6-19(15-22)7-10-21(14-19)13-17-5-2-11-24-17/h1-2,4-5,8,11-12H,3,6-7,9-10,13-15H2/t19-/m0/s1. The van der Waals surface area contributed by atoms with Crippen LogP contribution in [0.15, 0.2) is 47.3 Å². The molecule has 2 aromatic rings. The van der Waals surface area contributed by atoms with Crippen LogP contribution in [0.2, 0.25) is 0 Å². The summed E-state index contributed by atoms with van der Waals surface area (Å²) in [6.07, 6.45) is 8.55. The molecule has 2 fully saturated rings. The molecular weight excluding hydrogens is 302 g/mol. The van der Waals surface area contributed by atoms with Gasteiger partial charge in [0, 0.05) is 37.4 Å². The third kappa shape index (κ3) is 3.08. The van der Waals surface area contributed by atoms with Crippen molar-refractivity contribution in [1.29, 1.82) is 0 Å². The maximum atomic E-state index is 12.7. The third-order valence-electron chi connectivity index (χ3n) is 5.33. The van der Waals surface area contributed by atoms with Crippen LogP contribution in [0.5, 0.6) is 0 Å². The topological polar surface area (TPSA) is 49.6 Å². The van der Waals surface area contributed by atoms with Crippen LogP contribution in [0.1, 0.15) is 35.4 Å². The first-order chi connectivity index (χ1) is 11.7. The van der Waals surface area contributed by atoms with Gasteiger partial charge in [-0.15, -0.1) is 0 Å². The van der Waals surface area contributed by atoms with Crippen LogP contribution >= 0.6 is 0 Å². The van der Waals surface area contributed by atoms with Gasteiger partial charge in [-0.05, 0) is 50.1 Å². The highest BCUT2D eigenvalue weighted by molar-refractivity contribution is 5.94. The fraction of sp³-hybridized carbons (Fsp3) is 0.474. The van der Waals surface area contributed by atoms with Crippen LogP contribution in [0.4, 0.5) is 0 Å². The smallest absolute Gasteiger partial charge is 0.255 e. The van der Waals surface area contributed by atoms with Crippen molar-refractivity contribution in [3.05, 3.63) is 54.2 Å². The minimum Gasteiger partial charge on any atom is -0.468 e. The molecule has 0 bridgehead atoms. The Morgan fingerprint density at radius 2 is 2.17 bits per heavy atom. The van der Waals surface area contributed by atoms with Gasteiger partial charge in [0.2, 0.25) is 0 Å². The quantitative estimate of drug-likeness (QED) is 0.871. The first-order valence-electron chi connectivity index (χ1n) is 8.68. The van der Waals surface area contributed by atoms with Crippen LogP contribution < -0.4 is 0 Å². The number of nitrogens with zero attached hydrogens (tertiary/aromatic N) is 3. The predicted octanol–water partition coefficient (Wildman–Crippen LogP) is 2.80. The molecule has 4 heterocycles. The summed E-state index contributed by atoms with van der Waals surface area (Å²) >= 11 is 0. The number of rotatable bonds is 3. The van der Waals surface area contributed by atoms with E-state index >= 15 is 0 Å². The maximum Gasteiger partial charge on any atom is 0.255 e. The Morgan fingerprint density at radius 3 is 2.96 bits per heavy atom. The molecule has 0 aromatic carbocycles. The second-order valence-corrected chi connectivity index (χ2v) is 7.11. The first kappa shape index (κ1) is 15.4. The summed E-state index contributed by atoms with van der Waals surface area (Å²) in [4.78, 5) is 21.3. The van der Waals surface area contributed by atoms with Crippen molar-refractivity contribution in [2.75, 3.05) is 26.2 Å². The van der Waals surface area contributed by atoms with Gasteiger partial charge in [-0.2, -0.15) is 0 Å². The van der Waals surface area contributed by atoms with Crippen molar-refractivity contribution in [1.82, 2.24) is 14.8 Å². The van der Waals surface area contributed by atoms with E-state index in [1.54, 1.807) is 18.7 Å². The number of hydrogen-bond donors (Lipinski definition) is 0. The summed E-state index contributed by atoms with van der Waals surface area (Å²) in [5.41, 5.74) is 0.933. The summed E-state index contributed by atoms with van der Waals surface area (Å²) in [6, 6.07) is 7.66. The van der Waals surface area contributed by atoms with Gasteiger partial charge in [0.05, 0.1) is 18.4 Å². The zero-order chi connectivity index (χ0) is 16.4. The molecular formula is C19H23N3O2. The Kier molecular flexibility index (Phi) is 4.10. The lowest BCUT2D eigenvalue weighted by atomic mass is 9.79.